The molecule has 0 radical (unpaired) electrons. The zero-order valence-corrected chi connectivity index (χ0v) is 40.6. The van der Waals surface area contributed by atoms with E-state index in [1.54, 1.807) is 13.8 Å². The normalized spacial score (nSPS) is 15.0. The molecule has 0 aliphatic heterocycles. The Balaban J connectivity index is 6.52. The van der Waals surface area contributed by atoms with E-state index in [1.807, 2.05) is 13.8 Å². The minimum atomic E-state index is -1.81. The lowest BCUT2D eigenvalue weighted by Gasteiger charge is -2.28. The predicted molar refractivity (Wildman–Crippen MR) is 248 cm³/mol. The van der Waals surface area contributed by atoms with Crippen molar-refractivity contribution in [2.75, 3.05) is 13.2 Å². The summed E-state index contributed by atoms with van der Waals surface area (Å²) in [6, 6.07) is -12.6. The number of carbonyl (C=O) groups excluding carboxylic acids is 9. The first-order chi connectivity index (χ1) is 32.0. The number of aliphatic hydroxyl groups is 1. The monoisotopic (exact) mass is 986 g/mol. The summed E-state index contributed by atoms with van der Waals surface area (Å²) in [5.74, 6) is -12.1. The van der Waals surface area contributed by atoms with Gasteiger partial charge in [0.15, 0.2) is 5.96 Å². The number of carbonyl (C=O) groups is 11. The third kappa shape index (κ3) is 25.3. The lowest BCUT2D eigenvalue weighted by atomic mass is 10.0. The Morgan fingerprint density at radius 2 is 0.928 bits per heavy atom. The van der Waals surface area contributed by atoms with Gasteiger partial charge < -0.3 is 80.8 Å². The smallest absolute Gasteiger partial charge is 0.325 e. The van der Waals surface area contributed by atoms with Crippen molar-refractivity contribution in [3.63, 3.8) is 0 Å². The summed E-state index contributed by atoms with van der Waals surface area (Å²) in [5.41, 5.74) is 22.2. The van der Waals surface area contributed by atoms with Gasteiger partial charge in [-0.15, -0.1) is 0 Å². The summed E-state index contributed by atoms with van der Waals surface area (Å²) in [4.78, 5) is 146. The van der Waals surface area contributed by atoms with Crippen molar-refractivity contribution in [3.05, 3.63) is 0 Å². The largest absolute Gasteiger partial charge is 0.481 e. The molecule has 0 spiro atoms. The molecule has 0 unspecified atom stereocenters. The van der Waals surface area contributed by atoms with E-state index in [-0.39, 0.29) is 43.6 Å². The highest BCUT2D eigenvalue weighted by molar-refractivity contribution is 5.98. The van der Waals surface area contributed by atoms with Crippen LogP contribution >= 0.6 is 0 Å². The zero-order valence-electron chi connectivity index (χ0n) is 40.6. The molecule has 0 saturated carbocycles. The minimum absolute atomic E-state index is 0.00130. The fraction of sp³-hybridized carbons (Fsp3) is 0.714. The summed E-state index contributed by atoms with van der Waals surface area (Å²) in [7, 11) is 0. The van der Waals surface area contributed by atoms with Gasteiger partial charge in [0.1, 0.15) is 48.3 Å². The van der Waals surface area contributed by atoms with Gasteiger partial charge in [-0.25, -0.2) is 0 Å². The highest BCUT2D eigenvalue weighted by Gasteiger charge is 2.35. The maximum Gasteiger partial charge on any atom is 0.325 e. The van der Waals surface area contributed by atoms with Gasteiger partial charge in [-0.05, 0) is 70.1 Å². The molecule has 0 fully saturated rings. The molecule has 0 rings (SSSR count). The van der Waals surface area contributed by atoms with Crippen LogP contribution in [-0.2, 0) is 52.7 Å². The van der Waals surface area contributed by atoms with Crippen molar-refractivity contribution < 1.29 is 68.1 Å². The van der Waals surface area contributed by atoms with Crippen LogP contribution in [0.2, 0.25) is 0 Å². The molecule has 0 heterocycles. The molecular weight excluding hydrogens is 911 g/mol. The molecular formula is C42H75N13O14. The van der Waals surface area contributed by atoms with E-state index >= 15 is 0 Å². The predicted octanol–water partition coefficient (Wildman–Crippen LogP) is -4.76. The molecule has 0 aliphatic rings. The van der Waals surface area contributed by atoms with Crippen LogP contribution in [0.4, 0.5) is 0 Å². The highest BCUT2D eigenvalue weighted by atomic mass is 16.4. The van der Waals surface area contributed by atoms with Crippen molar-refractivity contribution in [2.24, 2.45) is 45.7 Å². The summed E-state index contributed by atoms with van der Waals surface area (Å²) >= 11 is 0. The summed E-state index contributed by atoms with van der Waals surface area (Å²) in [5, 5.41) is 47.8. The molecule has 0 saturated heterocycles. The van der Waals surface area contributed by atoms with Gasteiger partial charge in [0.05, 0.1) is 12.6 Å². The van der Waals surface area contributed by atoms with Gasteiger partial charge in [0.2, 0.25) is 53.2 Å². The highest BCUT2D eigenvalue weighted by Crippen LogP contribution is 2.11. The van der Waals surface area contributed by atoms with Crippen molar-refractivity contribution in [2.45, 2.75) is 161 Å². The Kier molecular flexibility index (Phi) is 28.4. The van der Waals surface area contributed by atoms with Crippen molar-refractivity contribution in [1.82, 2.24) is 42.5 Å². The Morgan fingerprint density at radius 1 is 0.493 bits per heavy atom. The molecule has 0 aromatic heterocycles. The number of rotatable bonds is 33. The lowest BCUT2D eigenvalue weighted by molar-refractivity contribution is -0.142. The number of carboxylic acids is 2. The van der Waals surface area contributed by atoms with Crippen LogP contribution in [0.3, 0.4) is 0 Å². The number of primary amides is 1. The number of amides is 9. The summed E-state index contributed by atoms with van der Waals surface area (Å²) in [6.07, 6.45) is -1.61. The third-order valence-corrected chi connectivity index (χ3v) is 10.1. The van der Waals surface area contributed by atoms with E-state index in [9.17, 15) is 68.1 Å². The SMILES string of the molecule is CC(C)C[C@H](NC(=O)[C@H](C)NC(=O)[C@@H](N)CC(C)C)C(=O)N[C@@H](CCCN=C(N)N)C(=O)N[C@@H](CCC(N)=O)C(=O)N[C@@H](CO)C(=O)N[C@H](C(=O)N[C@@H](CCC(=O)O)C(=O)N[C@@H](C)C(=O)O)C(C)C. The molecule has 27 heteroatoms. The van der Waals surface area contributed by atoms with Crippen molar-refractivity contribution in [1.29, 1.82) is 0 Å². The fourth-order valence-corrected chi connectivity index (χ4v) is 6.30. The number of aliphatic imine (C=N–C) groups is 1. The van der Waals surface area contributed by atoms with Crippen molar-refractivity contribution >= 4 is 71.1 Å². The van der Waals surface area contributed by atoms with E-state index in [0.717, 1.165) is 6.92 Å². The lowest BCUT2D eigenvalue weighted by Crippen LogP contribution is -2.61. The Morgan fingerprint density at radius 3 is 1.39 bits per heavy atom. The van der Waals surface area contributed by atoms with Crippen LogP contribution in [0.15, 0.2) is 4.99 Å². The topological polar surface area (TPSA) is 461 Å². The van der Waals surface area contributed by atoms with E-state index < -0.39 is 158 Å². The van der Waals surface area contributed by atoms with Gasteiger partial charge >= 0.3 is 11.9 Å². The van der Waals surface area contributed by atoms with Crippen LogP contribution in [-0.4, -0.2) is 154 Å². The second-order valence-electron chi connectivity index (χ2n) is 17.8. The fourth-order valence-electron chi connectivity index (χ4n) is 6.30. The van der Waals surface area contributed by atoms with Crippen molar-refractivity contribution in [3.8, 4) is 0 Å². The van der Waals surface area contributed by atoms with E-state index in [2.05, 4.69) is 47.5 Å². The molecule has 9 amide bonds. The quantitative estimate of drug-likeness (QED) is 0.0167. The molecule has 69 heavy (non-hydrogen) atoms. The number of nitrogens with zero attached hydrogens (tertiary/aromatic N) is 1. The maximum absolute atomic E-state index is 14.0. The standard InChI is InChI=1S/C42H75N13O14/c1-19(2)16-24(43)34(61)48-22(7)33(60)53-28(17-20(3)4)38(65)50-25(10-9-15-47-42(45)46)36(63)51-26(11-13-30(44)57)37(64)54-29(18-56)39(66)55-32(21(5)6)40(67)52-27(12-14-31(58)59)35(62)49-23(8)41(68)69/h19-29,32,56H,9-18,43H2,1-8H3,(H2,44,57)(H,48,61)(H,49,62)(H,50,65)(H,51,63)(H,52,67)(H,53,60)(H,54,64)(H,55,66)(H,58,59)(H,68,69)(H4,45,46,47)/t22-,23-,24-,25-,26-,27-,28-,29-,32-/m0/s1. The number of nitrogens with one attached hydrogen (secondary N) is 8. The number of hydrogen-bond acceptors (Lipinski definition) is 14. The van der Waals surface area contributed by atoms with E-state index in [4.69, 9.17) is 22.9 Å². The molecule has 0 aromatic rings. The Labute approximate surface area is 401 Å². The second-order valence-corrected chi connectivity index (χ2v) is 17.8. The van der Waals surface area contributed by atoms with Gasteiger partial charge in [0, 0.05) is 19.4 Å². The molecule has 0 aliphatic carbocycles. The average Bonchev–Trinajstić information content (AvgIpc) is 3.23. The number of hydrogen-bond donors (Lipinski definition) is 15. The summed E-state index contributed by atoms with van der Waals surface area (Å²) in [6.45, 7) is 11.7. The third-order valence-electron chi connectivity index (χ3n) is 10.1. The number of aliphatic hydroxyl groups excluding tert-OH is 1. The maximum atomic E-state index is 14.0. The molecule has 9 atom stereocenters. The summed E-state index contributed by atoms with van der Waals surface area (Å²) < 4.78 is 0. The molecule has 27 nitrogen and oxygen atoms in total. The van der Waals surface area contributed by atoms with Crippen LogP contribution in [0.25, 0.3) is 0 Å². The van der Waals surface area contributed by atoms with Gasteiger partial charge in [-0.2, -0.15) is 0 Å². The molecule has 392 valence electrons. The van der Waals surface area contributed by atoms with Gasteiger partial charge in [-0.3, -0.25) is 57.7 Å². The van der Waals surface area contributed by atoms with Crippen LogP contribution in [0.5, 0.6) is 0 Å². The Hall–Kier alpha value is -6.64. The van der Waals surface area contributed by atoms with Crippen LogP contribution in [0, 0.1) is 17.8 Å². The first-order valence-corrected chi connectivity index (χ1v) is 22.6. The molecule has 0 bridgehead atoms. The first-order valence-electron chi connectivity index (χ1n) is 22.6. The van der Waals surface area contributed by atoms with E-state index in [0.29, 0.717) is 6.42 Å². The van der Waals surface area contributed by atoms with Gasteiger partial charge in [0.25, 0.3) is 0 Å². The number of carboxylic acid groups (broad SMARTS) is 2. The zero-order chi connectivity index (χ0) is 53.3. The second kappa shape index (κ2) is 31.4. The number of guanidine groups is 1. The van der Waals surface area contributed by atoms with Gasteiger partial charge in [-0.1, -0.05) is 41.5 Å². The Bertz CT molecular complexity index is 1830. The number of nitrogens with two attached hydrogens (primary N) is 4. The first kappa shape index (κ1) is 62.4. The minimum Gasteiger partial charge on any atom is -0.481 e. The number of aliphatic carboxylic acids is 2. The van der Waals surface area contributed by atoms with Crippen LogP contribution in [0.1, 0.15) is 107 Å². The van der Waals surface area contributed by atoms with E-state index in [1.165, 1.54) is 20.8 Å². The average molecular weight is 986 g/mol. The van der Waals surface area contributed by atoms with Crippen LogP contribution < -0.4 is 65.5 Å². The molecule has 19 N–H and O–H groups in total. The molecule has 0 aromatic carbocycles.